The summed E-state index contributed by atoms with van der Waals surface area (Å²) in [6.45, 7) is 0. The molecular weight excluding hydrogens is 873 g/mol. The molecule has 4 nitrogen and oxygen atoms in total. The number of nitrogens with zero attached hydrogens (tertiary/aromatic N) is 4. The summed E-state index contributed by atoms with van der Waals surface area (Å²) in [6.07, 6.45) is 0. The highest BCUT2D eigenvalue weighted by Crippen LogP contribution is 2.43. The number of para-hydroxylation sites is 2. The fourth-order valence-corrected chi connectivity index (χ4v) is 16.5. The van der Waals surface area contributed by atoms with Crippen molar-refractivity contribution in [1.29, 1.82) is 0 Å². The van der Waals surface area contributed by atoms with Crippen molar-refractivity contribution in [2.45, 2.75) is 0 Å². The molecule has 0 amide bonds. The highest BCUT2D eigenvalue weighted by Gasteiger charge is 2.41. The number of thiophene rings is 1. The second-order valence-corrected chi connectivity index (χ2v) is 22.4. The maximum atomic E-state index is 5.42. The third kappa shape index (κ3) is 6.83. The van der Waals surface area contributed by atoms with Crippen molar-refractivity contribution >= 4 is 82.1 Å². The van der Waals surface area contributed by atoms with Crippen molar-refractivity contribution in [3.63, 3.8) is 0 Å². The Balaban J connectivity index is 1.02. The smallest absolute Gasteiger partial charge is 0.179 e. The van der Waals surface area contributed by atoms with E-state index in [0.717, 1.165) is 44.5 Å². The predicted molar refractivity (Wildman–Crippen MR) is 292 cm³/mol. The van der Waals surface area contributed by atoms with Gasteiger partial charge in [0.25, 0.3) is 0 Å². The first kappa shape index (κ1) is 40.7. The lowest BCUT2D eigenvalue weighted by molar-refractivity contribution is 1.07. The van der Waals surface area contributed by atoms with Gasteiger partial charge in [-0.25, -0.2) is 15.0 Å². The van der Waals surface area contributed by atoms with Crippen molar-refractivity contribution in [3.05, 3.63) is 255 Å². The molecule has 0 bridgehead atoms. The zero-order valence-electron chi connectivity index (χ0n) is 37.4. The second-order valence-electron chi connectivity index (χ2n) is 17.5. The van der Waals surface area contributed by atoms with Crippen LogP contribution in [-0.4, -0.2) is 27.6 Å². The molecule has 3 heterocycles. The van der Waals surface area contributed by atoms with Gasteiger partial charge < -0.3 is 4.57 Å². The zero-order valence-corrected chi connectivity index (χ0v) is 39.3. The minimum absolute atomic E-state index is 0.609. The average molecular weight is 915 g/mol. The molecule has 0 fully saturated rings. The predicted octanol–water partition coefficient (Wildman–Crippen LogP) is 13.4. The lowest BCUT2D eigenvalue weighted by Crippen LogP contribution is -2.74. The van der Waals surface area contributed by atoms with Gasteiger partial charge in [0.15, 0.2) is 25.5 Å². The van der Waals surface area contributed by atoms with Gasteiger partial charge in [-0.05, 0) is 68.3 Å². The van der Waals surface area contributed by atoms with Crippen LogP contribution in [-0.2, 0) is 0 Å². The van der Waals surface area contributed by atoms with Gasteiger partial charge in [-0.3, -0.25) is 0 Å². The van der Waals surface area contributed by atoms with Crippen molar-refractivity contribution in [2.24, 2.45) is 0 Å². The van der Waals surface area contributed by atoms with E-state index in [1.54, 1.807) is 0 Å². The van der Waals surface area contributed by atoms with Crippen LogP contribution in [0.15, 0.2) is 255 Å². The van der Waals surface area contributed by atoms with Crippen LogP contribution >= 0.6 is 11.3 Å². The normalized spacial score (nSPS) is 11.8. The van der Waals surface area contributed by atoms with Crippen molar-refractivity contribution in [1.82, 2.24) is 19.5 Å². The summed E-state index contributed by atoms with van der Waals surface area (Å²) < 4.78 is 4.87. The summed E-state index contributed by atoms with van der Waals surface area (Å²) in [5.74, 6) is 1.84. The monoisotopic (exact) mass is 914 g/mol. The van der Waals surface area contributed by atoms with Crippen LogP contribution in [0.3, 0.4) is 0 Å². The number of fused-ring (bicyclic) bond motifs is 6. The molecule has 0 atom stereocenters. The van der Waals surface area contributed by atoms with E-state index >= 15 is 0 Å². The van der Waals surface area contributed by atoms with E-state index in [0.29, 0.717) is 17.5 Å². The molecule has 0 unspecified atom stereocenters. The molecule has 324 valence electrons. The van der Waals surface area contributed by atoms with Crippen LogP contribution in [0, 0.1) is 0 Å². The summed E-state index contributed by atoms with van der Waals surface area (Å²) in [4.78, 5) is 16.2. The van der Waals surface area contributed by atoms with Gasteiger partial charge in [-0.1, -0.05) is 218 Å². The number of benzene rings is 10. The van der Waals surface area contributed by atoms with E-state index in [1.807, 2.05) is 11.3 Å². The largest absolute Gasteiger partial charge is 0.309 e. The Kier molecular flexibility index (Phi) is 10.00. The van der Waals surface area contributed by atoms with E-state index < -0.39 is 8.07 Å². The first-order valence-electron chi connectivity index (χ1n) is 23.3. The first-order valence-corrected chi connectivity index (χ1v) is 26.2. The van der Waals surface area contributed by atoms with E-state index in [9.17, 15) is 0 Å². The maximum absolute atomic E-state index is 5.42. The Bertz CT molecular complexity index is 3860. The Labute approximate surface area is 405 Å². The summed E-state index contributed by atoms with van der Waals surface area (Å²) in [5.41, 5.74) is 8.35. The molecule has 0 aliphatic carbocycles. The van der Waals surface area contributed by atoms with Gasteiger partial charge in [0.2, 0.25) is 0 Å². The second kappa shape index (κ2) is 17.0. The Morgan fingerprint density at radius 1 is 0.319 bits per heavy atom. The lowest BCUT2D eigenvalue weighted by Gasteiger charge is -2.34. The first-order chi connectivity index (χ1) is 34.2. The third-order valence-corrected chi connectivity index (χ3v) is 19.6. The molecular formula is C63H42N4SSi. The zero-order chi connectivity index (χ0) is 45.7. The Morgan fingerprint density at radius 2 is 0.783 bits per heavy atom. The summed E-state index contributed by atoms with van der Waals surface area (Å²) in [6, 6.07) is 92.0. The topological polar surface area (TPSA) is 43.6 Å². The number of rotatable bonds is 9. The number of hydrogen-bond acceptors (Lipinski definition) is 4. The number of aromatic nitrogens is 4. The SMILES string of the molecule is c1ccc([Si](c2ccccc2)(c2ccccc2)c2ccc(-c3nc(-c4cccc(-n5c6ccccc6c6ccccc65)c4)nc(-c4ccccc4-c4cccc5sc6ccccc6c45)n3)cc2)cc1. The summed E-state index contributed by atoms with van der Waals surface area (Å²) in [7, 11) is -2.76. The van der Waals surface area contributed by atoms with Crippen LogP contribution in [0.2, 0.25) is 0 Å². The Hall–Kier alpha value is -8.55. The summed E-state index contributed by atoms with van der Waals surface area (Å²) >= 11 is 1.83. The molecule has 0 spiro atoms. The van der Waals surface area contributed by atoms with E-state index in [4.69, 9.17) is 15.0 Å². The quantitative estimate of drug-likeness (QED) is 0.107. The van der Waals surface area contributed by atoms with Gasteiger partial charge in [-0.2, -0.15) is 0 Å². The van der Waals surface area contributed by atoms with E-state index in [-0.39, 0.29) is 0 Å². The van der Waals surface area contributed by atoms with Gasteiger partial charge in [0.1, 0.15) is 0 Å². The third-order valence-electron chi connectivity index (χ3n) is 13.6. The fourth-order valence-electron chi connectivity index (χ4n) is 10.6. The van der Waals surface area contributed by atoms with Crippen molar-refractivity contribution in [2.75, 3.05) is 0 Å². The minimum atomic E-state index is -2.76. The average Bonchev–Trinajstić information content (AvgIpc) is 3.98. The molecule has 6 heteroatoms. The maximum Gasteiger partial charge on any atom is 0.179 e. The highest BCUT2D eigenvalue weighted by atomic mass is 32.1. The van der Waals surface area contributed by atoms with E-state index in [2.05, 4.69) is 259 Å². The molecule has 13 rings (SSSR count). The molecule has 69 heavy (non-hydrogen) atoms. The van der Waals surface area contributed by atoms with Gasteiger partial charge >= 0.3 is 0 Å². The highest BCUT2D eigenvalue weighted by molar-refractivity contribution is 7.26. The molecule has 0 aliphatic heterocycles. The van der Waals surface area contributed by atoms with E-state index in [1.165, 1.54) is 51.7 Å². The molecule has 10 aromatic carbocycles. The fraction of sp³-hybridized carbons (Fsp3) is 0. The van der Waals surface area contributed by atoms with Gasteiger partial charge in [0, 0.05) is 53.3 Å². The van der Waals surface area contributed by atoms with Crippen LogP contribution < -0.4 is 20.7 Å². The molecule has 3 aromatic heterocycles. The molecule has 0 aliphatic rings. The summed E-state index contributed by atoms with van der Waals surface area (Å²) in [5, 5.41) is 10.2. The molecule has 0 radical (unpaired) electrons. The molecule has 0 saturated carbocycles. The van der Waals surface area contributed by atoms with Crippen LogP contribution in [0.4, 0.5) is 0 Å². The van der Waals surface area contributed by atoms with Gasteiger partial charge in [0.05, 0.1) is 11.0 Å². The standard InChI is InChI=1S/C63H42N4SSi/c1-4-22-46(23-5-1)69(47-24-6-2-7-25-47,48-26-8-3-9-27-48)49-40-38-43(39-41-49)61-64-62(44-20-18-21-45(42-44)67-56-34-15-12-29-51(56)52-30-13-16-35-57(52)67)66-63(65-61)54-31-11-10-28-50(54)53-33-19-37-59-60(53)55-32-14-17-36-58(55)68-59/h1-42H. The van der Waals surface area contributed by atoms with Crippen LogP contribution in [0.1, 0.15) is 0 Å². The Morgan fingerprint density at radius 3 is 1.42 bits per heavy atom. The van der Waals surface area contributed by atoms with Crippen LogP contribution in [0.5, 0.6) is 0 Å². The van der Waals surface area contributed by atoms with Gasteiger partial charge in [-0.15, -0.1) is 11.3 Å². The number of hydrogen-bond donors (Lipinski definition) is 0. The molecule has 0 saturated heterocycles. The van der Waals surface area contributed by atoms with Crippen LogP contribution in [0.25, 0.3) is 93.0 Å². The molecule has 0 N–H and O–H groups in total. The molecule has 13 aromatic rings. The lowest BCUT2D eigenvalue weighted by atomic mass is 9.95. The van der Waals surface area contributed by atoms with Crippen molar-refractivity contribution in [3.8, 4) is 51.0 Å². The van der Waals surface area contributed by atoms with Crippen molar-refractivity contribution < 1.29 is 0 Å². The minimum Gasteiger partial charge on any atom is -0.309 e.